The largest absolute Gasteiger partial charge is 0.466 e. The summed E-state index contributed by atoms with van der Waals surface area (Å²) in [6, 6.07) is 0. The molecule has 0 heterocycles. The Morgan fingerprint density at radius 3 is 2.64 bits per heavy atom. The van der Waals surface area contributed by atoms with Crippen molar-refractivity contribution in [1.82, 2.24) is 0 Å². The molecule has 0 bridgehead atoms. The number of rotatable bonds is 4. The van der Waals surface area contributed by atoms with Gasteiger partial charge in [0.05, 0.1) is 7.11 Å². The molecule has 0 aliphatic heterocycles. The van der Waals surface area contributed by atoms with Gasteiger partial charge in [0, 0.05) is 6.42 Å². The smallest absolute Gasteiger partial charge is 0.353 e. The molecule has 11 heavy (non-hydrogen) atoms. The molecule has 0 fully saturated rings. The van der Waals surface area contributed by atoms with E-state index in [4.69, 9.17) is 5.73 Å². The molecule has 0 aliphatic carbocycles. The lowest BCUT2D eigenvalue weighted by atomic mass is 10.1. The summed E-state index contributed by atoms with van der Waals surface area (Å²) < 4.78 is 4.30. The van der Waals surface area contributed by atoms with E-state index in [9.17, 15) is 9.90 Å². The maximum absolute atomic E-state index is 10.7. The summed E-state index contributed by atoms with van der Waals surface area (Å²) in [6.07, 6.45) is 1.84. The fourth-order valence-electron chi connectivity index (χ4n) is 0.725. The molecule has 0 aromatic rings. The van der Waals surface area contributed by atoms with Crippen LogP contribution in [0.25, 0.3) is 0 Å². The molecule has 1 atom stereocenters. The summed E-state index contributed by atoms with van der Waals surface area (Å²) in [5.41, 5.74) is 3.44. The molecular weight excluding hydrogens is 146 g/mol. The van der Waals surface area contributed by atoms with Crippen LogP contribution in [-0.4, -0.2) is 23.9 Å². The Hall–Kier alpha value is -0.610. The Balaban J connectivity index is 3.88. The molecule has 0 amide bonds. The second-order valence-corrected chi connectivity index (χ2v) is 2.52. The summed E-state index contributed by atoms with van der Waals surface area (Å²) in [5, 5.41) is 9.22. The lowest BCUT2D eigenvalue weighted by Crippen LogP contribution is -2.48. The van der Waals surface area contributed by atoms with Gasteiger partial charge in [0.15, 0.2) is 0 Å². The first kappa shape index (κ1) is 10.4. The van der Waals surface area contributed by atoms with Crippen LogP contribution in [0, 0.1) is 0 Å². The van der Waals surface area contributed by atoms with Crippen LogP contribution in [0.3, 0.4) is 0 Å². The number of ether oxygens (including phenoxy) is 1. The fraction of sp³-hybridized carbons (Fsp3) is 0.857. The molecule has 0 spiro atoms. The van der Waals surface area contributed by atoms with Crippen LogP contribution in [0.15, 0.2) is 0 Å². The Bertz CT molecular complexity index is 134. The number of hydrogen-bond acceptors (Lipinski definition) is 4. The average molecular weight is 161 g/mol. The number of aliphatic hydroxyl groups is 1. The van der Waals surface area contributed by atoms with Crippen LogP contribution in [0.1, 0.15) is 26.2 Å². The third-order valence-electron chi connectivity index (χ3n) is 1.45. The van der Waals surface area contributed by atoms with Crippen molar-refractivity contribution in [3.05, 3.63) is 0 Å². The number of carbonyl (C=O) groups excluding carboxylic acids is 1. The van der Waals surface area contributed by atoms with Crippen molar-refractivity contribution in [2.75, 3.05) is 7.11 Å². The number of hydrogen-bond donors (Lipinski definition) is 2. The third-order valence-corrected chi connectivity index (χ3v) is 1.45. The number of nitrogens with two attached hydrogens (primary N) is 1. The summed E-state index contributed by atoms with van der Waals surface area (Å²) in [7, 11) is 1.20. The highest BCUT2D eigenvalue weighted by atomic mass is 16.5. The molecule has 0 aliphatic rings. The van der Waals surface area contributed by atoms with Crippen LogP contribution in [0.5, 0.6) is 0 Å². The molecule has 4 nitrogen and oxygen atoms in total. The van der Waals surface area contributed by atoms with E-state index in [0.717, 1.165) is 6.42 Å². The van der Waals surface area contributed by atoms with E-state index in [0.29, 0.717) is 6.42 Å². The number of methoxy groups -OCH3 is 1. The second-order valence-electron chi connectivity index (χ2n) is 2.52. The summed E-state index contributed by atoms with van der Waals surface area (Å²) in [6.45, 7) is 1.95. The molecule has 0 aromatic heterocycles. The maximum Gasteiger partial charge on any atom is 0.353 e. The molecule has 0 saturated heterocycles. The number of carbonyl (C=O) groups is 1. The topological polar surface area (TPSA) is 72.5 Å². The van der Waals surface area contributed by atoms with Crippen LogP contribution in [0.4, 0.5) is 0 Å². The highest BCUT2D eigenvalue weighted by Crippen LogP contribution is 2.08. The first-order valence-electron chi connectivity index (χ1n) is 3.64. The summed E-state index contributed by atoms with van der Waals surface area (Å²) >= 11 is 0. The van der Waals surface area contributed by atoms with Gasteiger partial charge in [0.2, 0.25) is 5.72 Å². The van der Waals surface area contributed by atoms with Crippen molar-refractivity contribution in [3.8, 4) is 0 Å². The molecule has 3 N–H and O–H groups in total. The Morgan fingerprint density at radius 2 is 2.27 bits per heavy atom. The minimum atomic E-state index is -1.80. The number of unbranched alkanes of at least 4 members (excludes halogenated alkanes) is 1. The first-order chi connectivity index (χ1) is 5.04. The van der Waals surface area contributed by atoms with Crippen molar-refractivity contribution in [3.63, 3.8) is 0 Å². The van der Waals surface area contributed by atoms with Gasteiger partial charge in [-0.3, -0.25) is 5.73 Å². The van der Waals surface area contributed by atoms with Gasteiger partial charge in [-0.25, -0.2) is 4.79 Å². The molecule has 66 valence electrons. The van der Waals surface area contributed by atoms with Gasteiger partial charge in [-0.05, 0) is 6.42 Å². The van der Waals surface area contributed by atoms with E-state index >= 15 is 0 Å². The van der Waals surface area contributed by atoms with Gasteiger partial charge in [0.1, 0.15) is 0 Å². The van der Waals surface area contributed by atoms with Crippen molar-refractivity contribution in [2.24, 2.45) is 5.73 Å². The van der Waals surface area contributed by atoms with Crippen LogP contribution in [0.2, 0.25) is 0 Å². The van der Waals surface area contributed by atoms with E-state index in [1.165, 1.54) is 7.11 Å². The lowest BCUT2D eigenvalue weighted by Gasteiger charge is -2.18. The monoisotopic (exact) mass is 161 g/mol. The van der Waals surface area contributed by atoms with Crippen LogP contribution >= 0.6 is 0 Å². The average Bonchev–Trinajstić information content (AvgIpc) is 1.99. The molecule has 0 aromatic carbocycles. The van der Waals surface area contributed by atoms with Gasteiger partial charge >= 0.3 is 5.97 Å². The van der Waals surface area contributed by atoms with Crippen molar-refractivity contribution in [2.45, 2.75) is 31.9 Å². The molecule has 1 unspecified atom stereocenters. The highest BCUT2D eigenvalue weighted by Gasteiger charge is 2.31. The van der Waals surface area contributed by atoms with Gasteiger partial charge in [-0.1, -0.05) is 13.3 Å². The van der Waals surface area contributed by atoms with Crippen LogP contribution in [-0.2, 0) is 9.53 Å². The molecule has 0 rings (SSSR count). The first-order valence-corrected chi connectivity index (χ1v) is 3.64. The normalized spacial score (nSPS) is 15.6. The molecular formula is C7H15NO3. The number of esters is 1. The van der Waals surface area contributed by atoms with E-state index in [2.05, 4.69) is 4.74 Å². The zero-order valence-corrected chi connectivity index (χ0v) is 6.96. The highest BCUT2D eigenvalue weighted by molar-refractivity contribution is 5.78. The fourth-order valence-corrected chi connectivity index (χ4v) is 0.725. The molecule has 0 saturated carbocycles. The SMILES string of the molecule is CCCCC(N)(O)C(=O)OC. The predicted molar refractivity (Wildman–Crippen MR) is 40.7 cm³/mol. The Kier molecular flexibility index (Phi) is 4.07. The molecule has 4 heteroatoms. The minimum absolute atomic E-state index is 0.246. The quantitative estimate of drug-likeness (QED) is 0.449. The zero-order chi connectivity index (χ0) is 8.91. The van der Waals surface area contributed by atoms with Gasteiger partial charge < -0.3 is 9.84 Å². The van der Waals surface area contributed by atoms with E-state index in [-0.39, 0.29) is 6.42 Å². The van der Waals surface area contributed by atoms with E-state index < -0.39 is 11.7 Å². The predicted octanol–water partition coefficient (Wildman–Crippen LogP) is -0.00310. The zero-order valence-electron chi connectivity index (χ0n) is 6.96. The minimum Gasteiger partial charge on any atom is -0.466 e. The Labute approximate surface area is 66.3 Å². The van der Waals surface area contributed by atoms with Crippen molar-refractivity contribution >= 4 is 5.97 Å². The van der Waals surface area contributed by atoms with Gasteiger partial charge in [-0.2, -0.15) is 0 Å². The standard InChI is InChI=1S/C7H15NO3/c1-3-4-5-7(8,10)6(9)11-2/h10H,3-5,8H2,1-2H3. The van der Waals surface area contributed by atoms with E-state index in [1.54, 1.807) is 0 Å². The van der Waals surface area contributed by atoms with E-state index in [1.807, 2.05) is 6.92 Å². The van der Waals surface area contributed by atoms with Crippen molar-refractivity contribution in [1.29, 1.82) is 0 Å². The summed E-state index contributed by atoms with van der Waals surface area (Å²) in [5.74, 6) is -0.772. The lowest BCUT2D eigenvalue weighted by molar-refractivity contribution is -0.162. The van der Waals surface area contributed by atoms with Crippen molar-refractivity contribution < 1.29 is 14.6 Å². The maximum atomic E-state index is 10.7. The molecule has 0 radical (unpaired) electrons. The van der Waals surface area contributed by atoms with Crippen LogP contribution < -0.4 is 5.73 Å². The summed E-state index contributed by atoms with van der Waals surface area (Å²) in [4.78, 5) is 10.7. The second kappa shape index (κ2) is 4.31. The van der Waals surface area contributed by atoms with Gasteiger partial charge in [0.25, 0.3) is 0 Å². The third kappa shape index (κ3) is 3.34. The van der Waals surface area contributed by atoms with Gasteiger partial charge in [-0.15, -0.1) is 0 Å². The Morgan fingerprint density at radius 1 is 1.73 bits per heavy atom.